The molecule has 10 nitrogen and oxygen atoms in total. The Kier molecular flexibility index (Phi) is 7.65. The van der Waals surface area contributed by atoms with E-state index in [1.54, 1.807) is 27.5 Å². The summed E-state index contributed by atoms with van der Waals surface area (Å²) in [7, 11) is 1.61. The molecule has 46 heavy (non-hydrogen) atoms. The van der Waals surface area contributed by atoms with Crippen molar-refractivity contribution in [3.63, 3.8) is 0 Å². The minimum absolute atomic E-state index is 0.0535. The van der Waals surface area contributed by atoms with Crippen LogP contribution in [0.25, 0.3) is 22.2 Å². The molecule has 1 aliphatic carbocycles. The van der Waals surface area contributed by atoms with Crippen LogP contribution in [-0.4, -0.2) is 64.8 Å². The number of urea groups is 1. The lowest BCUT2D eigenvalue weighted by Gasteiger charge is -2.38. The third kappa shape index (κ3) is 5.45. The maximum Gasteiger partial charge on any atom is 0.341 e. The van der Waals surface area contributed by atoms with Crippen molar-refractivity contribution >= 4 is 50.7 Å². The van der Waals surface area contributed by atoms with E-state index >= 15 is 4.39 Å². The molecule has 0 spiro atoms. The first-order valence-corrected chi connectivity index (χ1v) is 15.8. The van der Waals surface area contributed by atoms with Gasteiger partial charge in [-0.05, 0) is 61.4 Å². The second-order valence-corrected chi connectivity index (χ2v) is 12.1. The fraction of sp³-hybridized carbons (Fsp3) is 0.235. The lowest BCUT2D eigenvalue weighted by atomic mass is 10.1. The van der Waals surface area contributed by atoms with Crippen molar-refractivity contribution in [1.82, 2.24) is 14.5 Å². The molecule has 2 aromatic heterocycles. The minimum Gasteiger partial charge on any atom is -0.497 e. The van der Waals surface area contributed by atoms with Gasteiger partial charge in [0, 0.05) is 54.7 Å². The van der Waals surface area contributed by atoms with Crippen LogP contribution in [0.1, 0.15) is 29.2 Å². The van der Waals surface area contributed by atoms with Crippen LogP contribution in [-0.2, 0) is 0 Å². The van der Waals surface area contributed by atoms with Crippen molar-refractivity contribution < 1.29 is 23.8 Å². The van der Waals surface area contributed by atoms with E-state index in [1.807, 2.05) is 64.9 Å². The normalized spacial score (nSPS) is 14.8. The quantitative estimate of drug-likeness (QED) is 0.220. The highest BCUT2D eigenvalue weighted by Gasteiger charge is 2.31. The van der Waals surface area contributed by atoms with E-state index in [0.29, 0.717) is 48.2 Å². The maximum atomic E-state index is 15.5. The van der Waals surface area contributed by atoms with E-state index in [4.69, 9.17) is 9.72 Å². The Balaban J connectivity index is 1.14. The average Bonchev–Trinajstić information content (AvgIpc) is 3.82. The standard InChI is InChI=1S/C34H30FN5O5S/c1-45-24-11-7-21(8-12-24)28-20-46-33(36-28)40(23-5-3-2-4-6-23)34(44)38-15-13-37(14-16-38)30-18-29-25(17-27(30)35)31(41)26(32(42)43)19-39(29)22-9-10-22/h2-8,11-12,17-20,22H,9-10,13-16H2,1H3,(H,42,43). The third-order valence-electron chi connectivity index (χ3n) is 8.44. The molecule has 3 aromatic carbocycles. The molecule has 2 amide bonds. The van der Waals surface area contributed by atoms with E-state index in [1.165, 1.54) is 17.5 Å². The van der Waals surface area contributed by atoms with Gasteiger partial charge in [-0.3, -0.25) is 4.79 Å². The summed E-state index contributed by atoms with van der Waals surface area (Å²) in [5.74, 6) is -1.19. The van der Waals surface area contributed by atoms with Gasteiger partial charge in [0.2, 0.25) is 5.43 Å². The number of pyridine rings is 1. The second kappa shape index (κ2) is 11.9. The Morgan fingerprint density at radius 3 is 2.39 bits per heavy atom. The molecule has 0 bridgehead atoms. The molecular formula is C34H30FN5O5S. The molecule has 0 unspecified atom stereocenters. The number of hydrogen-bond donors (Lipinski definition) is 1. The highest BCUT2D eigenvalue weighted by molar-refractivity contribution is 7.14. The number of carbonyl (C=O) groups excluding carboxylic acids is 1. The molecule has 0 atom stereocenters. The number of anilines is 3. The van der Waals surface area contributed by atoms with Gasteiger partial charge >= 0.3 is 12.0 Å². The molecule has 1 saturated carbocycles. The molecule has 3 heterocycles. The van der Waals surface area contributed by atoms with Crippen molar-refractivity contribution in [2.75, 3.05) is 43.1 Å². The van der Waals surface area contributed by atoms with Gasteiger partial charge in [-0.25, -0.2) is 23.9 Å². The van der Waals surface area contributed by atoms with Gasteiger partial charge in [-0.1, -0.05) is 18.2 Å². The Hall–Kier alpha value is -5.23. The number of amides is 2. The molecule has 0 radical (unpaired) electrons. The summed E-state index contributed by atoms with van der Waals surface area (Å²) in [5.41, 5.74) is 2.11. The predicted octanol–water partition coefficient (Wildman–Crippen LogP) is 6.39. The van der Waals surface area contributed by atoms with Crippen molar-refractivity contribution in [3.8, 4) is 17.0 Å². The number of halogens is 1. The number of rotatable bonds is 7. The number of carboxylic acids is 1. The van der Waals surface area contributed by atoms with Gasteiger partial charge in [0.25, 0.3) is 0 Å². The van der Waals surface area contributed by atoms with Crippen LogP contribution in [0.5, 0.6) is 5.75 Å². The first-order valence-electron chi connectivity index (χ1n) is 14.9. The molecule has 234 valence electrons. The van der Waals surface area contributed by atoms with Gasteiger partial charge in [0.05, 0.1) is 29.7 Å². The maximum absolute atomic E-state index is 15.5. The third-order valence-corrected chi connectivity index (χ3v) is 9.26. The number of para-hydroxylation sites is 1. The SMILES string of the molecule is COc1ccc(-c2csc(N(C(=O)N3CCN(c4cc5c(cc4F)c(=O)c(C(=O)O)cn5C4CC4)CC3)c3ccccc3)n2)cc1. The van der Waals surface area contributed by atoms with Crippen LogP contribution in [0.2, 0.25) is 0 Å². The van der Waals surface area contributed by atoms with E-state index in [0.717, 1.165) is 35.9 Å². The van der Waals surface area contributed by atoms with Crippen LogP contribution >= 0.6 is 11.3 Å². The number of fused-ring (bicyclic) bond motifs is 1. The Bertz CT molecular complexity index is 2000. The lowest BCUT2D eigenvalue weighted by Crippen LogP contribution is -2.52. The van der Waals surface area contributed by atoms with E-state index < -0.39 is 17.2 Å². The lowest BCUT2D eigenvalue weighted by molar-refractivity contribution is 0.0694. The highest BCUT2D eigenvalue weighted by Crippen LogP contribution is 2.39. The summed E-state index contributed by atoms with van der Waals surface area (Å²) in [6, 6.07) is 19.6. The van der Waals surface area contributed by atoms with Crippen LogP contribution < -0.4 is 20.0 Å². The van der Waals surface area contributed by atoms with Gasteiger partial charge in [0.15, 0.2) is 5.13 Å². The molecule has 5 aromatic rings. The molecule has 2 aliphatic rings. The van der Waals surface area contributed by atoms with Crippen LogP contribution in [0.3, 0.4) is 0 Å². The second-order valence-electron chi connectivity index (χ2n) is 11.3. The van der Waals surface area contributed by atoms with Gasteiger partial charge in [0.1, 0.15) is 17.1 Å². The number of thiazole rings is 1. The minimum atomic E-state index is -1.33. The first kappa shape index (κ1) is 29.5. The average molecular weight is 640 g/mol. The summed E-state index contributed by atoms with van der Waals surface area (Å²) < 4.78 is 22.6. The van der Waals surface area contributed by atoms with Crippen molar-refractivity contribution in [1.29, 1.82) is 0 Å². The van der Waals surface area contributed by atoms with Crippen molar-refractivity contribution in [3.05, 3.63) is 99.9 Å². The van der Waals surface area contributed by atoms with E-state index in [-0.39, 0.29) is 23.0 Å². The van der Waals surface area contributed by atoms with Gasteiger partial charge in [-0.2, -0.15) is 0 Å². The van der Waals surface area contributed by atoms with Gasteiger partial charge in [-0.15, -0.1) is 11.3 Å². The first-order chi connectivity index (χ1) is 22.3. The number of aromatic nitrogens is 2. The van der Waals surface area contributed by atoms with Crippen LogP contribution in [0, 0.1) is 5.82 Å². The van der Waals surface area contributed by atoms with Crippen molar-refractivity contribution in [2.24, 2.45) is 0 Å². The number of aromatic carboxylic acids is 1. The number of ether oxygens (including phenoxy) is 1. The molecule has 12 heteroatoms. The van der Waals surface area contributed by atoms with E-state index in [9.17, 15) is 19.5 Å². The zero-order chi connectivity index (χ0) is 31.9. The molecule has 1 N–H and O–H groups in total. The fourth-order valence-electron chi connectivity index (χ4n) is 5.83. The Labute approximate surface area is 267 Å². The topological polar surface area (TPSA) is 108 Å². The molecule has 2 fully saturated rings. The highest BCUT2D eigenvalue weighted by atomic mass is 32.1. The number of benzene rings is 3. The van der Waals surface area contributed by atoms with Crippen LogP contribution in [0.15, 0.2) is 83.1 Å². The molecular weight excluding hydrogens is 609 g/mol. The summed E-state index contributed by atoms with van der Waals surface area (Å²) in [6.07, 6.45) is 3.10. The number of methoxy groups -OCH3 is 1. The number of nitrogens with zero attached hydrogens (tertiary/aromatic N) is 5. The van der Waals surface area contributed by atoms with Crippen LogP contribution in [0.4, 0.5) is 25.7 Å². The fourth-order valence-corrected chi connectivity index (χ4v) is 6.68. The van der Waals surface area contributed by atoms with Gasteiger partial charge < -0.3 is 24.2 Å². The Morgan fingerprint density at radius 1 is 1.02 bits per heavy atom. The zero-order valence-corrected chi connectivity index (χ0v) is 25.7. The molecule has 1 aliphatic heterocycles. The molecule has 7 rings (SSSR count). The summed E-state index contributed by atoms with van der Waals surface area (Å²) in [4.78, 5) is 48.7. The van der Waals surface area contributed by atoms with Crippen molar-refractivity contribution in [2.45, 2.75) is 18.9 Å². The largest absolute Gasteiger partial charge is 0.497 e. The Morgan fingerprint density at radius 2 is 1.74 bits per heavy atom. The number of hydrogen-bond acceptors (Lipinski definition) is 7. The number of carboxylic acid groups (broad SMARTS) is 1. The molecule has 1 saturated heterocycles. The summed E-state index contributed by atoms with van der Waals surface area (Å²) in [6.45, 7) is 1.41. The number of carbonyl (C=O) groups is 2. The summed E-state index contributed by atoms with van der Waals surface area (Å²) in [5, 5.41) is 12.0. The monoisotopic (exact) mass is 639 g/mol. The predicted molar refractivity (Wildman–Crippen MR) is 175 cm³/mol. The van der Waals surface area contributed by atoms with E-state index in [2.05, 4.69) is 0 Å². The smallest absolute Gasteiger partial charge is 0.341 e. The summed E-state index contributed by atoms with van der Waals surface area (Å²) >= 11 is 1.37. The zero-order valence-electron chi connectivity index (χ0n) is 24.9. The number of piperazine rings is 1.